The molecule has 7 nitrogen and oxygen atoms in total. The Morgan fingerprint density at radius 3 is 1.50 bits per heavy atom. The van der Waals surface area contributed by atoms with Crippen LogP contribution >= 0.6 is 0 Å². The zero-order chi connectivity index (χ0) is 9.99. The Balaban J connectivity index is 4.97. The van der Waals surface area contributed by atoms with Gasteiger partial charge in [0.15, 0.2) is 0 Å². The molecule has 2 N–H and O–H groups in total. The van der Waals surface area contributed by atoms with E-state index < -0.39 is 27.2 Å². The summed E-state index contributed by atoms with van der Waals surface area (Å²) in [4.78, 5) is 0. The van der Waals surface area contributed by atoms with Gasteiger partial charge >= 0.3 is 20.6 Å². The molecule has 0 spiro atoms. The molecule has 0 rings (SSSR count). The van der Waals surface area contributed by atoms with Crippen molar-refractivity contribution in [2.75, 3.05) is 6.54 Å². The molecule has 74 valence electrons. The van der Waals surface area contributed by atoms with Gasteiger partial charge in [0.1, 0.15) is 0 Å². The summed E-state index contributed by atoms with van der Waals surface area (Å²) in [5.74, 6) is 0. The van der Waals surface area contributed by atoms with Crippen LogP contribution in [0.2, 0.25) is 0 Å². The third-order valence-electron chi connectivity index (χ3n) is 0.921. The average molecular weight is 219 g/mol. The lowest BCUT2D eigenvalue weighted by atomic mass is 10.5. The zero-order valence-corrected chi connectivity index (χ0v) is 7.84. The van der Waals surface area contributed by atoms with E-state index in [0.29, 0.717) is 0 Å². The Bertz CT molecular complexity index is 296. The van der Waals surface area contributed by atoms with Gasteiger partial charge in [-0.05, 0) is 10.1 Å². The lowest BCUT2D eigenvalue weighted by Gasteiger charge is -2.12. The van der Waals surface area contributed by atoms with Gasteiger partial charge in [0.25, 0.3) is 0 Å². The molecule has 0 saturated heterocycles. The molecular weight excluding hydrogens is 210 g/mol. The topological polar surface area (TPSA) is 112 Å². The van der Waals surface area contributed by atoms with Crippen LogP contribution in [0, 0.1) is 0 Å². The van der Waals surface area contributed by atoms with Gasteiger partial charge in [0, 0.05) is 6.54 Å². The molecule has 12 heavy (non-hydrogen) atoms. The van der Waals surface area contributed by atoms with Gasteiger partial charge < -0.3 is 0 Å². The SMILES string of the molecule is CCCN(S(=O)(=O)O)S(=O)(=O)O. The van der Waals surface area contributed by atoms with E-state index in [2.05, 4.69) is 0 Å². The van der Waals surface area contributed by atoms with Crippen LogP contribution in [0.4, 0.5) is 0 Å². The Hall–Kier alpha value is -0.220. The van der Waals surface area contributed by atoms with Crippen LogP contribution in [0.1, 0.15) is 13.3 Å². The third-order valence-corrected chi connectivity index (χ3v) is 3.45. The van der Waals surface area contributed by atoms with Crippen molar-refractivity contribution in [1.82, 2.24) is 3.71 Å². The van der Waals surface area contributed by atoms with Crippen LogP contribution in [-0.4, -0.2) is 36.2 Å². The number of nitrogens with zero attached hydrogens (tertiary/aromatic N) is 1. The summed E-state index contributed by atoms with van der Waals surface area (Å²) in [5.41, 5.74) is 0. The minimum atomic E-state index is -4.89. The van der Waals surface area contributed by atoms with Crippen molar-refractivity contribution in [3.8, 4) is 0 Å². The summed E-state index contributed by atoms with van der Waals surface area (Å²) in [6.45, 7) is 1.00. The molecule has 0 heterocycles. The van der Waals surface area contributed by atoms with Gasteiger partial charge in [-0.2, -0.15) is 16.8 Å². The van der Waals surface area contributed by atoms with E-state index in [-0.39, 0.29) is 10.1 Å². The summed E-state index contributed by atoms with van der Waals surface area (Å²) in [7, 11) is -9.78. The lowest BCUT2D eigenvalue weighted by Crippen LogP contribution is -2.36. The first-order chi connectivity index (χ1) is 5.19. The van der Waals surface area contributed by atoms with Crippen molar-refractivity contribution in [3.63, 3.8) is 0 Å². The van der Waals surface area contributed by atoms with Crippen molar-refractivity contribution >= 4 is 20.6 Å². The Kier molecular flexibility index (Phi) is 3.59. The highest BCUT2D eigenvalue weighted by atomic mass is 32.3. The first kappa shape index (κ1) is 11.8. The molecule has 0 aromatic rings. The predicted molar refractivity (Wildman–Crippen MR) is 40.1 cm³/mol. The molecule has 0 aliphatic carbocycles. The molecule has 0 unspecified atom stereocenters. The zero-order valence-electron chi connectivity index (χ0n) is 6.21. The summed E-state index contributed by atoms with van der Waals surface area (Å²) in [6.07, 6.45) is 0.152. The number of hydrogen-bond acceptors (Lipinski definition) is 4. The van der Waals surface area contributed by atoms with E-state index in [1.54, 1.807) is 0 Å². The summed E-state index contributed by atoms with van der Waals surface area (Å²) in [5, 5.41) is 0. The highest BCUT2D eigenvalue weighted by molar-refractivity contribution is 7.98. The Morgan fingerprint density at radius 1 is 1.08 bits per heavy atom. The molecule has 0 aromatic heterocycles. The van der Waals surface area contributed by atoms with Crippen LogP contribution in [0.5, 0.6) is 0 Å². The van der Waals surface area contributed by atoms with Crippen LogP contribution in [0.15, 0.2) is 0 Å². The highest BCUT2D eigenvalue weighted by Crippen LogP contribution is 2.04. The molecule has 0 aliphatic heterocycles. The minimum Gasteiger partial charge on any atom is -0.273 e. The maximum atomic E-state index is 10.3. The first-order valence-electron chi connectivity index (χ1n) is 2.92. The largest absolute Gasteiger partial charge is 0.351 e. The maximum Gasteiger partial charge on any atom is 0.351 e. The van der Waals surface area contributed by atoms with Gasteiger partial charge in [-0.15, -0.1) is 0 Å². The van der Waals surface area contributed by atoms with Crippen molar-refractivity contribution in [3.05, 3.63) is 0 Å². The van der Waals surface area contributed by atoms with Crippen LogP contribution in [-0.2, 0) is 20.6 Å². The number of rotatable bonds is 4. The minimum absolute atomic E-state index is 0.152. The van der Waals surface area contributed by atoms with Crippen molar-refractivity contribution in [2.24, 2.45) is 0 Å². The van der Waals surface area contributed by atoms with E-state index in [0.717, 1.165) is 0 Å². The van der Waals surface area contributed by atoms with Crippen LogP contribution in [0.25, 0.3) is 0 Å². The second-order valence-electron chi connectivity index (χ2n) is 1.95. The molecule has 0 amide bonds. The molecule has 0 fully saturated rings. The van der Waals surface area contributed by atoms with Crippen molar-refractivity contribution in [1.29, 1.82) is 0 Å². The van der Waals surface area contributed by atoms with Gasteiger partial charge in [-0.1, -0.05) is 6.92 Å². The molecule has 0 saturated carbocycles. The second kappa shape index (κ2) is 3.66. The van der Waals surface area contributed by atoms with Gasteiger partial charge in [0.05, 0.1) is 0 Å². The Morgan fingerprint density at radius 2 is 1.42 bits per heavy atom. The van der Waals surface area contributed by atoms with Crippen LogP contribution < -0.4 is 0 Å². The molecule has 0 radical (unpaired) electrons. The Labute approximate surface area is 70.8 Å². The fraction of sp³-hybridized carbons (Fsp3) is 1.00. The fourth-order valence-electron chi connectivity index (χ4n) is 0.532. The van der Waals surface area contributed by atoms with Crippen molar-refractivity contribution in [2.45, 2.75) is 13.3 Å². The molecule has 0 aliphatic rings. The fourth-order valence-corrected chi connectivity index (χ4v) is 2.31. The smallest absolute Gasteiger partial charge is 0.273 e. The van der Waals surface area contributed by atoms with E-state index >= 15 is 0 Å². The standard InChI is InChI=1S/C3H9NO6S2/c1-2-3-4(11(5,6)7)12(8,9)10/h2-3H2,1H3,(H,5,6,7)(H,8,9,10). The summed E-state index contributed by atoms with van der Waals surface area (Å²) >= 11 is 0. The summed E-state index contributed by atoms with van der Waals surface area (Å²) in [6, 6.07) is 0. The molecular formula is C3H9NO6S2. The predicted octanol–water partition coefficient (Wildman–Crippen LogP) is -0.696. The molecule has 0 aromatic carbocycles. The van der Waals surface area contributed by atoms with Gasteiger partial charge in [-0.25, -0.2) is 0 Å². The monoisotopic (exact) mass is 219 g/mol. The lowest BCUT2D eigenvalue weighted by molar-refractivity contribution is 0.383. The van der Waals surface area contributed by atoms with E-state index in [9.17, 15) is 16.8 Å². The van der Waals surface area contributed by atoms with E-state index in [4.69, 9.17) is 9.11 Å². The maximum absolute atomic E-state index is 10.3. The quantitative estimate of drug-likeness (QED) is 0.605. The average Bonchev–Trinajstić information content (AvgIpc) is 1.77. The van der Waals surface area contributed by atoms with Gasteiger partial charge in [0.2, 0.25) is 0 Å². The van der Waals surface area contributed by atoms with E-state index in [1.807, 2.05) is 0 Å². The highest BCUT2D eigenvalue weighted by Gasteiger charge is 2.29. The second-order valence-corrected chi connectivity index (χ2v) is 4.86. The number of hydrogen-bond donors (Lipinski definition) is 2. The van der Waals surface area contributed by atoms with Crippen LogP contribution in [0.3, 0.4) is 0 Å². The van der Waals surface area contributed by atoms with E-state index in [1.165, 1.54) is 6.92 Å². The molecule has 9 heteroatoms. The molecule has 0 bridgehead atoms. The van der Waals surface area contributed by atoms with Gasteiger partial charge in [-0.3, -0.25) is 9.11 Å². The normalized spacial score (nSPS) is 13.7. The molecule has 0 atom stereocenters. The van der Waals surface area contributed by atoms with Crippen molar-refractivity contribution < 1.29 is 25.9 Å². The summed E-state index contributed by atoms with van der Waals surface area (Å²) < 4.78 is 57.5. The first-order valence-corrected chi connectivity index (χ1v) is 5.71. The third kappa shape index (κ3) is 3.45.